The first-order valence-corrected chi connectivity index (χ1v) is 6.40. The number of likely N-dealkylation sites (N-methyl/N-ethyl adjacent to an activating group) is 1. The van der Waals surface area contributed by atoms with Crippen molar-refractivity contribution in [1.29, 1.82) is 0 Å². The first-order valence-electron chi connectivity index (χ1n) is 6.40. The van der Waals surface area contributed by atoms with E-state index < -0.39 is 0 Å². The Bertz CT molecular complexity index is 474. The fourth-order valence-electron chi connectivity index (χ4n) is 1.84. The lowest BCUT2D eigenvalue weighted by Crippen LogP contribution is -2.36. The van der Waals surface area contributed by atoms with Gasteiger partial charge in [0, 0.05) is 24.7 Å². The number of amides is 1. The number of hydrogen-bond donors (Lipinski definition) is 1. The lowest BCUT2D eigenvalue weighted by atomic mass is 10.1. The highest BCUT2D eigenvalue weighted by molar-refractivity contribution is 5.77. The van der Waals surface area contributed by atoms with Crippen molar-refractivity contribution in [3.05, 3.63) is 23.8 Å². The molecule has 5 nitrogen and oxygen atoms in total. The molecule has 2 N–H and O–H groups in total. The number of carbonyl (C=O) groups excluding carboxylic acids is 1. The summed E-state index contributed by atoms with van der Waals surface area (Å²) in [6, 6.07) is 5.58. The third kappa shape index (κ3) is 2.98. The summed E-state index contributed by atoms with van der Waals surface area (Å²) in [6.45, 7) is 4.44. The molecule has 0 aliphatic carbocycles. The summed E-state index contributed by atoms with van der Waals surface area (Å²) < 4.78 is 10.9. The Balaban J connectivity index is 1.96. The molecular formula is C14H20N2O3. The second-order valence-corrected chi connectivity index (χ2v) is 5.00. The van der Waals surface area contributed by atoms with Gasteiger partial charge >= 0.3 is 0 Å². The molecule has 1 heterocycles. The van der Waals surface area contributed by atoms with Gasteiger partial charge in [-0.2, -0.15) is 0 Å². The molecule has 1 aromatic rings. The summed E-state index contributed by atoms with van der Waals surface area (Å²) in [5.41, 5.74) is 6.85. The van der Waals surface area contributed by atoms with Gasteiger partial charge in [0.1, 0.15) is 18.1 Å². The number of fused-ring (bicyclic) bond motifs is 1. The molecule has 104 valence electrons. The van der Waals surface area contributed by atoms with E-state index in [1.165, 1.54) is 0 Å². The minimum Gasteiger partial charge on any atom is -0.491 e. The molecule has 19 heavy (non-hydrogen) atoms. The summed E-state index contributed by atoms with van der Waals surface area (Å²) >= 11 is 0. The van der Waals surface area contributed by atoms with Crippen LogP contribution in [0.5, 0.6) is 11.5 Å². The maximum Gasteiger partial charge on any atom is 0.260 e. The van der Waals surface area contributed by atoms with Crippen molar-refractivity contribution in [1.82, 2.24) is 4.90 Å². The highest BCUT2D eigenvalue weighted by Gasteiger charge is 2.21. The molecule has 0 bridgehead atoms. The lowest BCUT2D eigenvalue weighted by Gasteiger charge is -2.21. The highest BCUT2D eigenvalue weighted by Crippen LogP contribution is 2.33. The van der Waals surface area contributed by atoms with Gasteiger partial charge in [0.15, 0.2) is 6.61 Å². The molecule has 1 atom stereocenters. The molecular weight excluding hydrogens is 244 g/mol. The number of nitrogens with zero attached hydrogens (tertiary/aromatic N) is 1. The molecule has 1 unspecified atom stereocenters. The van der Waals surface area contributed by atoms with E-state index in [-0.39, 0.29) is 24.6 Å². The summed E-state index contributed by atoms with van der Waals surface area (Å²) in [7, 11) is 1.77. The van der Waals surface area contributed by atoms with E-state index in [1.54, 1.807) is 18.0 Å². The van der Waals surface area contributed by atoms with E-state index in [4.69, 9.17) is 15.2 Å². The fraction of sp³-hybridized carbons (Fsp3) is 0.500. The van der Waals surface area contributed by atoms with Gasteiger partial charge in [-0.15, -0.1) is 0 Å². The molecule has 0 saturated heterocycles. The monoisotopic (exact) mass is 264 g/mol. The molecule has 0 saturated carbocycles. The Kier molecular flexibility index (Phi) is 3.95. The zero-order valence-corrected chi connectivity index (χ0v) is 11.6. The third-order valence-corrected chi connectivity index (χ3v) is 3.33. The standard InChI is InChI=1S/C14H20N2O3/c1-9(2)16(3)14(17)8-18-10-4-5-11-12(15)7-19-13(11)6-10/h4-6,9,12H,7-8,15H2,1-3H3. The molecule has 0 aromatic heterocycles. The van der Waals surface area contributed by atoms with Gasteiger partial charge in [-0.25, -0.2) is 0 Å². The number of nitrogens with two attached hydrogens (primary N) is 1. The Morgan fingerprint density at radius 2 is 2.32 bits per heavy atom. The lowest BCUT2D eigenvalue weighted by molar-refractivity contribution is -0.133. The van der Waals surface area contributed by atoms with Crippen molar-refractivity contribution in [3.63, 3.8) is 0 Å². The fourth-order valence-corrected chi connectivity index (χ4v) is 1.84. The largest absolute Gasteiger partial charge is 0.491 e. The van der Waals surface area contributed by atoms with Gasteiger partial charge in [0.2, 0.25) is 0 Å². The number of ether oxygens (including phenoxy) is 2. The zero-order chi connectivity index (χ0) is 14.0. The van der Waals surface area contributed by atoms with Crippen molar-refractivity contribution in [2.75, 3.05) is 20.3 Å². The van der Waals surface area contributed by atoms with E-state index in [2.05, 4.69) is 0 Å². The van der Waals surface area contributed by atoms with E-state index in [9.17, 15) is 4.79 Å². The van der Waals surface area contributed by atoms with Crippen LogP contribution in [0.2, 0.25) is 0 Å². The van der Waals surface area contributed by atoms with Crippen molar-refractivity contribution >= 4 is 5.91 Å². The minimum absolute atomic E-state index is 0.0273. The summed E-state index contributed by atoms with van der Waals surface area (Å²) in [5, 5.41) is 0. The molecule has 1 aliphatic rings. The van der Waals surface area contributed by atoms with Crippen LogP contribution in [-0.4, -0.2) is 37.1 Å². The molecule has 0 radical (unpaired) electrons. The van der Waals surface area contributed by atoms with Gasteiger partial charge in [-0.3, -0.25) is 4.79 Å². The molecule has 2 rings (SSSR count). The van der Waals surface area contributed by atoms with Gasteiger partial charge in [0.05, 0.1) is 6.04 Å². The minimum atomic E-state index is -0.0715. The molecule has 5 heteroatoms. The molecule has 1 amide bonds. The van der Waals surface area contributed by atoms with Gasteiger partial charge in [-0.1, -0.05) is 0 Å². The number of benzene rings is 1. The van der Waals surface area contributed by atoms with Crippen LogP contribution < -0.4 is 15.2 Å². The van der Waals surface area contributed by atoms with Crippen molar-refractivity contribution < 1.29 is 14.3 Å². The van der Waals surface area contributed by atoms with E-state index in [0.717, 1.165) is 11.3 Å². The van der Waals surface area contributed by atoms with Gasteiger partial charge in [-0.05, 0) is 26.0 Å². The molecule has 0 fully saturated rings. The van der Waals surface area contributed by atoms with Crippen LogP contribution >= 0.6 is 0 Å². The van der Waals surface area contributed by atoms with Crippen molar-refractivity contribution in [2.24, 2.45) is 5.73 Å². The van der Waals surface area contributed by atoms with Gasteiger partial charge < -0.3 is 20.1 Å². The Labute approximate surface area is 113 Å². The predicted molar refractivity (Wildman–Crippen MR) is 72.3 cm³/mol. The van der Waals surface area contributed by atoms with Crippen molar-refractivity contribution in [3.8, 4) is 11.5 Å². The summed E-state index contributed by atoms with van der Waals surface area (Å²) in [6.07, 6.45) is 0. The molecule has 1 aromatic carbocycles. The second kappa shape index (κ2) is 5.48. The predicted octanol–water partition coefficient (Wildman–Crippen LogP) is 1.32. The quantitative estimate of drug-likeness (QED) is 0.891. The summed E-state index contributed by atoms with van der Waals surface area (Å²) in [5.74, 6) is 1.32. The number of rotatable bonds is 4. The number of carbonyl (C=O) groups is 1. The Morgan fingerprint density at radius 3 is 3.00 bits per heavy atom. The third-order valence-electron chi connectivity index (χ3n) is 3.33. The van der Waals surface area contributed by atoms with Crippen LogP contribution in [0.1, 0.15) is 25.5 Å². The van der Waals surface area contributed by atoms with Crippen LogP contribution in [-0.2, 0) is 4.79 Å². The average Bonchev–Trinajstić information content (AvgIpc) is 2.76. The normalized spacial score (nSPS) is 17.0. The SMILES string of the molecule is CC(C)N(C)C(=O)COc1ccc2c(c1)OCC2N. The maximum atomic E-state index is 11.8. The molecule has 1 aliphatic heterocycles. The van der Waals surface area contributed by atoms with Crippen LogP contribution in [0.15, 0.2) is 18.2 Å². The Morgan fingerprint density at radius 1 is 1.58 bits per heavy atom. The van der Waals surface area contributed by atoms with Crippen LogP contribution in [0.25, 0.3) is 0 Å². The van der Waals surface area contributed by atoms with Crippen LogP contribution in [0, 0.1) is 0 Å². The highest BCUT2D eigenvalue weighted by atomic mass is 16.5. The second-order valence-electron chi connectivity index (χ2n) is 5.00. The zero-order valence-electron chi connectivity index (χ0n) is 11.6. The first-order chi connectivity index (χ1) is 8.99. The topological polar surface area (TPSA) is 64.8 Å². The smallest absolute Gasteiger partial charge is 0.260 e. The first kappa shape index (κ1) is 13.7. The van der Waals surface area contributed by atoms with Gasteiger partial charge in [0.25, 0.3) is 5.91 Å². The number of hydrogen-bond acceptors (Lipinski definition) is 4. The Hall–Kier alpha value is -1.75. The van der Waals surface area contributed by atoms with Crippen molar-refractivity contribution in [2.45, 2.75) is 25.9 Å². The van der Waals surface area contributed by atoms with E-state index in [1.807, 2.05) is 26.0 Å². The van der Waals surface area contributed by atoms with Crippen LogP contribution in [0.4, 0.5) is 0 Å². The molecule has 0 spiro atoms. The maximum absolute atomic E-state index is 11.8. The summed E-state index contributed by atoms with van der Waals surface area (Å²) in [4.78, 5) is 13.4. The van der Waals surface area contributed by atoms with Crippen LogP contribution in [0.3, 0.4) is 0 Å². The van der Waals surface area contributed by atoms with E-state index >= 15 is 0 Å². The van der Waals surface area contributed by atoms with E-state index in [0.29, 0.717) is 12.4 Å². The average molecular weight is 264 g/mol.